The largest absolute Gasteiger partial charge is 0.377 e. The van der Waals surface area contributed by atoms with Crippen molar-refractivity contribution in [3.8, 4) is 0 Å². The molecule has 1 atom stereocenters. The summed E-state index contributed by atoms with van der Waals surface area (Å²) in [6.45, 7) is 2.76. The van der Waals surface area contributed by atoms with Crippen molar-refractivity contribution in [3.63, 3.8) is 0 Å². The summed E-state index contributed by atoms with van der Waals surface area (Å²) >= 11 is 0. The van der Waals surface area contributed by atoms with E-state index in [2.05, 4.69) is 38.8 Å². The lowest BCUT2D eigenvalue weighted by Gasteiger charge is -2.14. The summed E-state index contributed by atoms with van der Waals surface area (Å²) in [4.78, 5) is 21.3. The third-order valence-corrected chi connectivity index (χ3v) is 5.25. The first-order valence-electron chi connectivity index (χ1n) is 10.2. The molecule has 0 saturated carbocycles. The van der Waals surface area contributed by atoms with Crippen LogP contribution in [0.25, 0.3) is 11.2 Å². The molecule has 31 heavy (non-hydrogen) atoms. The molecule has 4 N–H and O–H groups in total. The standard InChI is InChI=1S/C23H26N6O2/c1-15-13-17(5-8-19(15)23(30)26-10-9-24)28-21-22-27-14-20(29(22)12-11-25-21)16-3-6-18(31-2)7-4-16/h3-6,8,11-14,18H,7,9-10,24H2,1-2H3,(H,25,28)(H,26,30). The van der Waals surface area contributed by atoms with Gasteiger partial charge in [-0.15, -0.1) is 0 Å². The van der Waals surface area contributed by atoms with Gasteiger partial charge in [-0.1, -0.05) is 18.2 Å². The number of amides is 1. The predicted octanol–water partition coefficient (Wildman–Crippen LogP) is 2.83. The van der Waals surface area contributed by atoms with Gasteiger partial charge in [-0.05, 0) is 42.7 Å². The molecule has 0 aliphatic heterocycles. The summed E-state index contributed by atoms with van der Waals surface area (Å²) in [5.74, 6) is 0.515. The number of nitrogens with two attached hydrogens (primary N) is 1. The van der Waals surface area contributed by atoms with Crippen molar-refractivity contribution in [1.82, 2.24) is 19.7 Å². The van der Waals surface area contributed by atoms with Crippen LogP contribution >= 0.6 is 0 Å². The molecular weight excluding hydrogens is 392 g/mol. The van der Waals surface area contributed by atoms with Crippen LogP contribution in [0, 0.1) is 6.92 Å². The SMILES string of the molecule is COC1C=CC(c2cnc3c(Nc4ccc(C(=O)NCCN)c(C)c4)nccn23)=CC1. The third-order valence-electron chi connectivity index (χ3n) is 5.25. The molecule has 0 fully saturated rings. The molecule has 0 bridgehead atoms. The molecule has 1 unspecified atom stereocenters. The van der Waals surface area contributed by atoms with Gasteiger partial charge in [0.2, 0.25) is 0 Å². The highest BCUT2D eigenvalue weighted by molar-refractivity contribution is 5.96. The van der Waals surface area contributed by atoms with Gasteiger partial charge in [0.25, 0.3) is 5.91 Å². The Labute approximate surface area is 180 Å². The van der Waals surface area contributed by atoms with E-state index < -0.39 is 0 Å². The predicted molar refractivity (Wildman–Crippen MR) is 121 cm³/mol. The molecule has 1 aliphatic carbocycles. The fourth-order valence-electron chi connectivity index (χ4n) is 3.60. The lowest BCUT2D eigenvalue weighted by molar-refractivity contribution is 0.0954. The van der Waals surface area contributed by atoms with Crippen molar-refractivity contribution in [3.05, 3.63) is 71.8 Å². The number of aryl methyl sites for hydroxylation is 1. The van der Waals surface area contributed by atoms with Gasteiger partial charge in [-0.25, -0.2) is 9.97 Å². The number of anilines is 2. The maximum absolute atomic E-state index is 12.2. The molecule has 0 radical (unpaired) electrons. The van der Waals surface area contributed by atoms with Crippen LogP contribution in [0.15, 0.2) is 55.0 Å². The van der Waals surface area contributed by atoms with E-state index in [0.29, 0.717) is 24.5 Å². The molecule has 0 saturated heterocycles. The molecule has 3 aromatic rings. The number of imidazole rings is 1. The number of rotatable bonds is 7. The van der Waals surface area contributed by atoms with Crippen LogP contribution < -0.4 is 16.4 Å². The first kappa shape index (κ1) is 20.8. The van der Waals surface area contributed by atoms with E-state index in [1.165, 1.54) is 0 Å². The second-order valence-corrected chi connectivity index (χ2v) is 7.34. The van der Waals surface area contributed by atoms with E-state index in [-0.39, 0.29) is 12.0 Å². The number of nitrogens with zero attached hydrogens (tertiary/aromatic N) is 3. The number of carbonyl (C=O) groups is 1. The number of aromatic nitrogens is 3. The smallest absolute Gasteiger partial charge is 0.251 e. The van der Waals surface area contributed by atoms with Gasteiger partial charge in [0.15, 0.2) is 11.5 Å². The monoisotopic (exact) mass is 418 g/mol. The quantitative estimate of drug-likeness (QED) is 0.545. The molecule has 0 spiro atoms. The average molecular weight is 419 g/mol. The number of nitrogens with one attached hydrogen (secondary N) is 2. The number of carbonyl (C=O) groups excluding carboxylic acids is 1. The molecule has 4 rings (SSSR count). The Balaban J connectivity index is 1.58. The zero-order valence-electron chi connectivity index (χ0n) is 17.6. The summed E-state index contributed by atoms with van der Waals surface area (Å²) in [6.07, 6.45) is 12.7. The number of ether oxygens (including phenoxy) is 1. The van der Waals surface area contributed by atoms with E-state index in [1.807, 2.05) is 35.9 Å². The highest BCUT2D eigenvalue weighted by Crippen LogP contribution is 2.27. The zero-order valence-corrected chi connectivity index (χ0v) is 17.6. The van der Waals surface area contributed by atoms with Gasteiger partial charge < -0.3 is 21.1 Å². The molecule has 160 valence electrons. The van der Waals surface area contributed by atoms with E-state index in [1.54, 1.807) is 19.4 Å². The van der Waals surface area contributed by atoms with Crippen LogP contribution in [0.1, 0.15) is 28.0 Å². The molecular formula is C23H26N6O2. The Hall–Kier alpha value is -3.49. The van der Waals surface area contributed by atoms with E-state index in [0.717, 1.165) is 34.6 Å². The number of fused-ring (bicyclic) bond motifs is 1. The first-order chi connectivity index (χ1) is 15.1. The summed E-state index contributed by atoms with van der Waals surface area (Å²) in [5.41, 5.74) is 10.6. The number of hydrogen-bond donors (Lipinski definition) is 3. The molecule has 1 amide bonds. The van der Waals surface area contributed by atoms with Gasteiger partial charge in [-0.3, -0.25) is 9.20 Å². The molecule has 2 aromatic heterocycles. The van der Waals surface area contributed by atoms with Crippen molar-refractivity contribution in [2.75, 3.05) is 25.5 Å². The van der Waals surface area contributed by atoms with Crippen LogP contribution in [0.2, 0.25) is 0 Å². The molecule has 2 heterocycles. The highest BCUT2D eigenvalue weighted by Gasteiger charge is 2.15. The van der Waals surface area contributed by atoms with Crippen molar-refractivity contribution in [1.29, 1.82) is 0 Å². The van der Waals surface area contributed by atoms with Gasteiger partial charge in [0.05, 0.1) is 18.0 Å². The Morgan fingerprint density at radius 1 is 1.35 bits per heavy atom. The lowest BCUT2D eigenvalue weighted by Crippen LogP contribution is -2.29. The van der Waals surface area contributed by atoms with Crippen LogP contribution in [-0.4, -0.2) is 46.6 Å². The van der Waals surface area contributed by atoms with Crippen LogP contribution in [0.4, 0.5) is 11.5 Å². The Kier molecular flexibility index (Phi) is 6.11. The minimum absolute atomic E-state index is 0.116. The van der Waals surface area contributed by atoms with Gasteiger partial charge in [0, 0.05) is 43.8 Å². The molecule has 8 heteroatoms. The van der Waals surface area contributed by atoms with E-state index >= 15 is 0 Å². The first-order valence-corrected chi connectivity index (χ1v) is 10.2. The summed E-state index contributed by atoms with van der Waals surface area (Å²) in [6, 6.07) is 5.57. The molecule has 1 aliphatic rings. The summed E-state index contributed by atoms with van der Waals surface area (Å²) in [7, 11) is 1.71. The van der Waals surface area contributed by atoms with Crippen molar-refractivity contribution in [2.45, 2.75) is 19.4 Å². The molecule has 8 nitrogen and oxygen atoms in total. The minimum Gasteiger partial charge on any atom is -0.377 e. The van der Waals surface area contributed by atoms with Crippen molar-refractivity contribution < 1.29 is 9.53 Å². The number of methoxy groups -OCH3 is 1. The maximum atomic E-state index is 12.2. The normalized spacial score (nSPS) is 15.7. The summed E-state index contributed by atoms with van der Waals surface area (Å²) < 4.78 is 7.39. The summed E-state index contributed by atoms with van der Waals surface area (Å²) in [5, 5.41) is 6.12. The number of hydrogen-bond acceptors (Lipinski definition) is 6. The fourth-order valence-corrected chi connectivity index (χ4v) is 3.60. The zero-order chi connectivity index (χ0) is 21.8. The fraction of sp³-hybridized carbons (Fsp3) is 0.261. The second kappa shape index (κ2) is 9.11. The topological polar surface area (TPSA) is 107 Å². The Morgan fingerprint density at radius 3 is 2.94 bits per heavy atom. The third kappa shape index (κ3) is 4.35. The molecule has 1 aromatic carbocycles. The van der Waals surface area contributed by atoms with Crippen molar-refractivity contribution >= 4 is 28.6 Å². The second-order valence-electron chi connectivity index (χ2n) is 7.34. The average Bonchev–Trinajstić information content (AvgIpc) is 3.23. The lowest BCUT2D eigenvalue weighted by atomic mass is 10.0. The van der Waals surface area contributed by atoms with Gasteiger partial charge in [0.1, 0.15) is 0 Å². The Morgan fingerprint density at radius 2 is 2.23 bits per heavy atom. The van der Waals surface area contributed by atoms with Gasteiger partial charge >= 0.3 is 0 Å². The number of benzene rings is 1. The van der Waals surface area contributed by atoms with Crippen molar-refractivity contribution in [2.24, 2.45) is 5.73 Å². The van der Waals surface area contributed by atoms with Crippen LogP contribution in [0.3, 0.4) is 0 Å². The number of allylic oxidation sites excluding steroid dienone is 2. The Bertz CT molecular complexity index is 1160. The van der Waals surface area contributed by atoms with Crippen LogP contribution in [-0.2, 0) is 4.74 Å². The van der Waals surface area contributed by atoms with Crippen LogP contribution in [0.5, 0.6) is 0 Å². The van der Waals surface area contributed by atoms with Gasteiger partial charge in [-0.2, -0.15) is 0 Å². The maximum Gasteiger partial charge on any atom is 0.251 e. The van der Waals surface area contributed by atoms with E-state index in [9.17, 15) is 4.79 Å². The van der Waals surface area contributed by atoms with E-state index in [4.69, 9.17) is 10.5 Å². The minimum atomic E-state index is -0.128. The highest BCUT2D eigenvalue weighted by atomic mass is 16.5.